The van der Waals surface area contributed by atoms with Crippen LogP contribution in [-0.4, -0.2) is 49.7 Å². The number of rotatable bonds is 8. The SMILES string of the molecule is COc1ncccc1CNC(=O)NC(CC(C)C)CN(C)C. The van der Waals surface area contributed by atoms with Crippen molar-refractivity contribution in [2.24, 2.45) is 5.92 Å². The quantitative estimate of drug-likeness (QED) is 0.769. The molecule has 0 spiro atoms. The highest BCUT2D eigenvalue weighted by Crippen LogP contribution is 2.12. The van der Waals surface area contributed by atoms with Crippen LogP contribution in [0.5, 0.6) is 5.88 Å². The van der Waals surface area contributed by atoms with E-state index in [1.807, 2.05) is 26.2 Å². The molecule has 2 amide bonds. The minimum absolute atomic E-state index is 0.130. The van der Waals surface area contributed by atoms with Gasteiger partial charge < -0.3 is 20.3 Å². The van der Waals surface area contributed by atoms with Crippen LogP contribution < -0.4 is 15.4 Å². The molecule has 0 aromatic carbocycles. The summed E-state index contributed by atoms with van der Waals surface area (Å²) in [5.74, 6) is 1.07. The molecule has 0 saturated heterocycles. The molecule has 6 nitrogen and oxygen atoms in total. The van der Waals surface area contributed by atoms with E-state index in [0.717, 1.165) is 18.5 Å². The molecule has 6 heteroatoms. The molecule has 1 rings (SSSR count). The first-order valence-electron chi connectivity index (χ1n) is 7.59. The average Bonchev–Trinajstić information content (AvgIpc) is 2.43. The van der Waals surface area contributed by atoms with Gasteiger partial charge in [0.05, 0.1) is 7.11 Å². The van der Waals surface area contributed by atoms with Crippen LogP contribution >= 0.6 is 0 Å². The van der Waals surface area contributed by atoms with Gasteiger partial charge in [-0.25, -0.2) is 9.78 Å². The average molecular weight is 308 g/mol. The van der Waals surface area contributed by atoms with E-state index < -0.39 is 0 Å². The molecule has 1 unspecified atom stereocenters. The Hall–Kier alpha value is -1.82. The van der Waals surface area contributed by atoms with Gasteiger partial charge in [-0.3, -0.25) is 0 Å². The Morgan fingerprint density at radius 1 is 1.41 bits per heavy atom. The topological polar surface area (TPSA) is 66.5 Å². The summed E-state index contributed by atoms with van der Waals surface area (Å²) >= 11 is 0. The van der Waals surface area contributed by atoms with Gasteiger partial charge >= 0.3 is 6.03 Å². The van der Waals surface area contributed by atoms with Gasteiger partial charge in [-0.15, -0.1) is 0 Å². The lowest BCUT2D eigenvalue weighted by atomic mass is 10.0. The van der Waals surface area contributed by atoms with Crippen LogP contribution in [-0.2, 0) is 6.54 Å². The summed E-state index contributed by atoms with van der Waals surface area (Å²) in [6, 6.07) is 3.67. The van der Waals surface area contributed by atoms with Crippen LogP contribution in [0.1, 0.15) is 25.8 Å². The second kappa shape index (κ2) is 9.25. The van der Waals surface area contributed by atoms with Crippen molar-refractivity contribution in [3.63, 3.8) is 0 Å². The molecule has 1 heterocycles. The van der Waals surface area contributed by atoms with Crippen LogP contribution in [0.15, 0.2) is 18.3 Å². The van der Waals surface area contributed by atoms with Crippen molar-refractivity contribution >= 4 is 6.03 Å². The maximum atomic E-state index is 12.1. The van der Waals surface area contributed by atoms with Crippen molar-refractivity contribution < 1.29 is 9.53 Å². The summed E-state index contributed by atoms with van der Waals surface area (Å²) in [6.45, 7) is 5.52. The number of urea groups is 1. The first-order chi connectivity index (χ1) is 10.4. The molecule has 124 valence electrons. The van der Waals surface area contributed by atoms with E-state index in [1.54, 1.807) is 13.3 Å². The zero-order valence-corrected chi connectivity index (χ0v) is 14.2. The van der Waals surface area contributed by atoms with Crippen molar-refractivity contribution in [2.45, 2.75) is 32.9 Å². The molecule has 0 bridgehead atoms. The predicted molar refractivity (Wildman–Crippen MR) is 88.0 cm³/mol. The summed E-state index contributed by atoms with van der Waals surface area (Å²) in [5.41, 5.74) is 0.855. The number of hydrogen-bond donors (Lipinski definition) is 2. The summed E-state index contributed by atoms with van der Waals surface area (Å²) in [6.07, 6.45) is 2.61. The van der Waals surface area contributed by atoms with Crippen LogP contribution in [0.2, 0.25) is 0 Å². The normalized spacial score (nSPS) is 12.3. The van der Waals surface area contributed by atoms with Crippen molar-refractivity contribution in [3.05, 3.63) is 23.9 Å². The Morgan fingerprint density at radius 2 is 2.14 bits per heavy atom. The number of ether oxygens (including phenoxy) is 1. The Bertz CT molecular complexity index is 453. The van der Waals surface area contributed by atoms with Crippen molar-refractivity contribution in [2.75, 3.05) is 27.7 Å². The third kappa shape index (κ3) is 6.76. The number of carbonyl (C=O) groups is 1. The maximum absolute atomic E-state index is 12.1. The molecule has 22 heavy (non-hydrogen) atoms. The van der Waals surface area contributed by atoms with E-state index in [4.69, 9.17) is 4.74 Å². The van der Waals surface area contributed by atoms with Crippen LogP contribution in [0.25, 0.3) is 0 Å². The van der Waals surface area contributed by atoms with Crippen LogP contribution in [0.4, 0.5) is 4.79 Å². The van der Waals surface area contributed by atoms with E-state index in [1.165, 1.54) is 0 Å². The van der Waals surface area contributed by atoms with Crippen molar-refractivity contribution in [1.29, 1.82) is 0 Å². The molecule has 2 N–H and O–H groups in total. The number of hydrogen-bond acceptors (Lipinski definition) is 4. The fourth-order valence-electron chi connectivity index (χ4n) is 2.34. The number of amides is 2. The number of likely N-dealkylation sites (N-methyl/N-ethyl adjacent to an activating group) is 1. The van der Waals surface area contributed by atoms with Crippen LogP contribution in [0, 0.1) is 5.92 Å². The summed E-state index contributed by atoms with van der Waals surface area (Å²) in [5, 5.41) is 5.90. The molecule has 0 fully saturated rings. The minimum Gasteiger partial charge on any atom is -0.481 e. The number of nitrogens with one attached hydrogen (secondary N) is 2. The smallest absolute Gasteiger partial charge is 0.315 e. The number of aromatic nitrogens is 1. The highest BCUT2D eigenvalue weighted by molar-refractivity contribution is 5.74. The fourth-order valence-corrected chi connectivity index (χ4v) is 2.34. The van der Waals surface area contributed by atoms with E-state index in [-0.39, 0.29) is 12.1 Å². The monoisotopic (exact) mass is 308 g/mol. The molecule has 1 aromatic rings. The van der Waals surface area contributed by atoms with Gasteiger partial charge in [-0.05, 0) is 32.5 Å². The summed E-state index contributed by atoms with van der Waals surface area (Å²) in [4.78, 5) is 18.3. The Morgan fingerprint density at radius 3 is 2.73 bits per heavy atom. The molecule has 1 atom stereocenters. The zero-order chi connectivity index (χ0) is 16.5. The molecule has 0 aliphatic carbocycles. The maximum Gasteiger partial charge on any atom is 0.315 e. The van der Waals surface area contributed by atoms with Crippen molar-refractivity contribution in [1.82, 2.24) is 20.5 Å². The molecule has 0 radical (unpaired) electrons. The van der Waals surface area contributed by atoms with Gasteiger partial charge in [-0.2, -0.15) is 0 Å². The lowest BCUT2D eigenvalue weighted by molar-refractivity contribution is 0.228. The molecule has 0 aliphatic heterocycles. The second-order valence-corrected chi connectivity index (χ2v) is 6.09. The third-order valence-corrected chi connectivity index (χ3v) is 3.16. The summed E-state index contributed by atoms with van der Waals surface area (Å²) < 4.78 is 5.17. The molecule has 0 aliphatic rings. The fraction of sp³-hybridized carbons (Fsp3) is 0.625. The van der Waals surface area contributed by atoms with Crippen molar-refractivity contribution in [3.8, 4) is 5.88 Å². The van der Waals surface area contributed by atoms with Gasteiger partial charge in [0.2, 0.25) is 5.88 Å². The standard InChI is InChI=1S/C16H28N4O2/c1-12(2)9-14(11-20(3)4)19-16(21)18-10-13-7-6-8-17-15(13)22-5/h6-8,12,14H,9-11H2,1-5H3,(H2,18,19,21). The molecule has 0 saturated carbocycles. The minimum atomic E-state index is -0.168. The lowest BCUT2D eigenvalue weighted by Gasteiger charge is -2.24. The third-order valence-electron chi connectivity index (χ3n) is 3.16. The largest absolute Gasteiger partial charge is 0.481 e. The van der Waals surface area contributed by atoms with E-state index in [2.05, 4.69) is 34.4 Å². The Balaban J connectivity index is 2.52. The Labute approximate surface area is 133 Å². The number of carbonyl (C=O) groups excluding carboxylic acids is 1. The molecule has 1 aromatic heterocycles. The number of methoxy groups -OCH3 is 1. The van der Waals surface area contributed by atoms with Gasteiger partial charge in [-0.1, -0.05) is 19.9 Å². The number of nitrogens with zero attached hydrogens (tertiary/aromatic N) is 2. The van der Waals surface area contributed by atoms with Gasteiger partial charge in [0, 0.05) is 30.9 Å². The van der Waals surface area contributed by atoms with E-state index >= 15 is 0 Å². The Kier molecular flexibility index (Phi) is 7.66. The molecular formula is C16H28N4O2. The van der Waals surface area contributed by atoms with Gasteiger partial charge in [0.15, 0.2) is 0 Å². The first kappa shape index (κ1) is 18.2. The highest BCUT2D eigenvalue weighted by atomic mass is 16.5. The second-order valence-electron chi connectivity index (χ2n) is 6.09. The highest BCUT2D eigenvalue weighted by Gasteiger charge is 2.15. The predicted octanol–water partition coefficient (Wildman–Crippen LogP) is 1.87. The molecular weight excluding hydrogens is 280 g/mol. The number of pyridine rings is 1. The van der Waals surface area contributed by atoms with E-state index in [9.17, 15) is 4.79 Å². The lowest BCUT2D eigenvalue weighted by Crippen LogP contribution is -2.46. The van der Waals surface area contributed by atoms with E-state index in [0.29, 0.717) is 18.3 Å². The van der Waals surface area contributed by atoms with Gasteiger partial charge in [0.1, 0.15) is 0 Å². The zero-order valence-electron chi connectivity index (χ0n) is 14.2. The summed E-state index contributed by atoms with van der Waals surface area (Å²) in [7, 11) is 5.59. The first-order valence-corrected chi connectivity index (χ1v) is 7.59. The van der Waals surface area contributed by atoms with Crippen LogP contribution in [0.3, 0.4) is 0 Å². The van der Waals surface area contributed by atoms with Gasteiger partial charge in [0.25, 0.3) is 0 Å².